The number of carbonyl (C=O) groups excluding carboxylic acids is 3. The van der Waals surface area contributed by atoms with Crippen molar-refractivity contribution in [2.24, 2.45) is 0 Å². The molecule has 1 N–H and O–H groups in total. The van der Waals surface area contributed by atoms with Crippen LogP contribution >= 0.6 is 0 Å². The lowest BCUT2D eigenvalue weighted by atomic mass is 10.1. The number of furan rings is 1. The molecule has 0 bridgehead atoms. The molecule has 0 unspecified atom stereocenters. The van der Waals surface area contributed by atoms with E-state index in [1.807, 2.05) is 26.0 Å². The Balaban J connectivity index is 1.62. The number of hydrogen-bond donors (Lipinski definition) is 1. The zero-order chi connectivity index (χ0) is 18.0. The fourth-order valence-electron chi connectivity index (χ4n) is 2.78. The van der Waals surface area contributed by atoms with Gasteiger partial charge in [-0.3, -0.25) is 19.3 Å². The molecule has 0 spiro atoms. The first-order valence-electron chi connectivity index (χ1n) is 8.23. The Morgan fingerprint density at radius 3 is 2.32 bits per heavy atom. The van der Waals surface area contributed by atoms with Crippen molar-refractivity contribution in [2.75, 3.05) is 0 Å². The number of benzene rings is 1. The number of carbonyl (C=O) groups is 3. The van der Waals surface area contributed by atoms with Gasteiger partial charge in [0.05, 0.1) is 12.6 Å². The van der Waals surface area contributed by atoms with Crippen LogP contribution in [0.1, 0.15) is 53.2 Å². The van der Waals surface area contributed by atoms with E-state index in [-0.39, 0.29) is 43.1 Å². The molecule has 0 radical (unpaired) electrons. The number of nitrogens with zero attached hydrogens (tertiary/aromatic N) is 1. The molecule has 25 heavy (non-hydrogen) atoms. The van der Waals surface area contributed by atoms with Crippen LogP contribution in [0.15, 0.2) is 40.8 Å². The lowest BCUT2D eigenvalue weighted by molar-refractivity contribution is -0.139. The van der Waals surface area contributed by atoms with E-state index in [4.69, 9.17) is 4.42 Å². The maximum Gasteiger partial charge on any atom is 0.251 e. The molecule has 2 heterocycles. The Hall–Kier alpha value is -2.89. The number of rotatable bonds is 5. The Kier molecular flexibility index (Phi) is 4.70. The Bertz CT molecular complexity index is 791. The number of imide groups is 1. The second kappa shape index (κ2) is 6.93. The minimum Gasteiger partial charge on any atom is -0.464 e. The number of amides is 3. The van der Waals surface area contributed by atoms with E-state index in [1.54, 1.807) is 24.3 Å². The van der Waals surface area contributed by atoms with Crippen LogP contribution in [0.5, 0.6) is 0 Å². The van der Waals surface area contributed by atoms with Gasteiger partial charge in [0.25, 0.3) is 5.91 Å². The zero-order valence-electron chi connectivity index (χ0n) is 14.2. The third-order valence-corrected chi connectivity index (χ3v) is 4.25. The highest BCUT2D eigenvalue weighted by atomic mass is 16.3. The summed E-state index contributed by atoms with van der Waals surface area (Å²) < 4.78 is 5.51. The van der Waals surface area contributed by atoms with E-state index in [0.29, 0.717) is 11.3 Å². The van der Waals surface area contributed by atoms with Crippen molar-refractivity contribution >= 4 is 17.7 Å². The summed E-state index contributed by atoms with van der Waals surface area (Å²) in [6, 6.07) is 10.4. The quantitative estimate of drug-likeness (QED) is 0.849. The maximum absolute atomic E-state index is 12.3. The normalized spacial score (nSPS) is 15.5. The van der Waals surface area contributed by atoms with Crippen LogP contribution in [0.4, 0.5) is 0 Å². The molecule has 3 rings (SSSR count). The van der Waals surface area contributed by atoms with Crippen molar-refractivity contribution in [3.8, 4) is 0 Å². The second-order valence-electron chi connectivity index (χ2n) is 6.21. The molecule has 0 saturated carbocycles. The summed E-state index contributed by atoms with van der Waals surface area (Å²) in [7, 11) is 0. The van der Waals surface area contributed by atoms with Crippen LogP contribution in [0.3, 0.4) is 0 Å². The number of likely N-dealkylation sites (tertiary alicyclic amines) is 1. The molecule has 1 aliphatic rings. The topological polar surface area (TPSA) is 79.6 Å². The standard InChI is InChI=1S/C19H20N2O4/c1-12-3-8-16(25-12)13(2)20-19(24)15-6-4-14(5-7-15)11-21-17(22)9-10-18(21)23/h3-8,13H,9-11H2,1-2H3,(H,20,24)/t13-/m1/s1. The van der Waals surface area contributed by atoms with Gasteiger partial charge in [0.15, 0.2) is 0 Å². The van der Waals surface area contributed by atoms with E-state index in [0.717, 1.165) is 11.3 Å². The fraction of sp³-hybridized carbons (Fsp3) is 0.316. The van der Waals surface area contributed by atoms with Crippen molar-refractivity contribution in [3.63, 3.8) is 0 Å². The molecule has 2 aromatic rings. The Morgan fingerprint density at radius 1 is 1.12 bits per heavy atom. The molecule has 1 fully saturated rings. The number of nitrogens with one attached hydrogen (secondary N) is 1. The summed E-state index contributed by atoms with van der Waals surface area (Å²) in [4.78, 5) is 36.9. The van der Waals surface area contributed by atoms with Crippen LogP contribution < -0.4 is 5.32 Å². The molecule has 1 aromatic heterocycles. The van der Waals surface area contributed by atoms with Gasteiger partial charge < -0.3 is 9.73 Å². The summed E-state index contributed by atoms with van der Waals surface area (Å²) in [5.41, 5.74) is 1.33. The highest BCUT2D eigenvalue weighted by molar-refractivity contribution is 6.01. The first-order chi connectivity index (χ1) is 11.9. The SMILES string of the molecule is Cc1ccc([C@@H](C)NC(=O)c2ccc(CN3C(=O)CCC3=O)cc2)o1. The zero-order valence-corrected chi connectivity index (χ0v) is 14.2. The second-order valence-corrected chi connectivity index (χ2v) is 6.21. The van der Waals surface area contributed by atoms with Gasteiger partial charge in [-0.25, -0.2) is 0 Å². The number of hydrogen-bond acceptors (Lipinski definition) is 4. The highest BCUT2D eigenvalue weighted by Gasteiger charge is 2.28. The van der Waals surface area contributed by atoms with Crippen molar-refractivity contribution in [1.29, 1.82) is 0 Å². The monoisotopic (exact) mass is 340 g/mol. The maximum atomic E-state index is 12.3. The van der Waals surface area contributed by atoms with Gasteiger partial charge in [-0.1, -0.05) is 12.1 Å². The summed E-state index contributed by atoms with van der Waals surface area (Å²) in [6.45, 7) is 3.96. The lowest BCUT2D eigenvalue weighted by Gasteiger charge is -2.14. The smallest absolute Gasteiger partial charge is 0.251 e. The lowest BCUT2D eigenvalue weighted by Crippen LogP contribution is -2.28. The van der Waals surface area contributed by atoms with Crippen LogP contribution in [-0.4, -0.2) is 22.6 Å². The first-order valence-corrected chi connectivity index (χ1v) is 8.23. The molecule has 3 amide bonds. The molecular weight excluding hydrogens is 320 g/mol. The number of aryl methyl sites for hydroxylation is 1. The van der Waals surface area contributed by atoms with Crippen molar-refractivity contribution < 1.29 is 18.8 Å². The van der Waals surface area contributed by atoms with Crippen molar-refractivity contribution in [3.05, 3.63) is 59.0 Å². The highest BCUT2D eigenvalue weighted by Crippen LogP contribution is 2.18. The van der Waals surface area contributed by atoms with Crippen LogP contribution in [0.25, 0.3) is 0 Å². The average molecular weight is 340 g/mol. The summed E-state index contributed by atoms with van der Waals surface area (Å²) in [6.07, 6.45) is 0.562. The van der Waals surface area contributed by atoms with Crippen molar-refractivity contribution in [1.82, 2.24) is 10.2 Å². The van der Waals surface area contributed by atoms with Crippen LogP contribution in [0, 0.1) is 6.92 Å². The Morgan fingerprint density at radius 2 is 1.76 bits per heavy atom. The van der Waals surface area contributed by atoms with Gasteiger partial charge in [0.2, 0.25) is 11.8 Å². The molecule has 6 nitrogen and oxygen atoms in total. The minimum atomic E-state index is -0.235. The van der Waals surface area contributed by atoms with Crippen molar-refractivity contribution in [2.45, 2.75) is 39.3 Å². The largest absolute Gasteiger partial charge is 0.464 e. The van der Waals surface area contributed by atoms with Gasteiger partial charge >= 0.3 is 0 Å². The fourth-order valence-corrected chi connectivity index (χ4v) is 2.78. The third kappa shape index (κ3) is 3.79. The molecule has 0 aliphatic carbocycles. The van der Waals surface area contributed by atoms with Gasteiger partial charge in [-0.2, -0.15) is 0 Å². The van der Waals surface area contributed by atoms with E-state index in [1.165, 1.54) is 4.90 Å². The predicted molar refractivity (Wildman–Crippen MR) is 90.6 cm³/mol. The van der Waals surface area contributed by atoms with Gasteiger partial charge in [-0.05, 0) is 43.7 Å². The van der Waals surface area contributed by atoms with Crippen LogP contribution in [-0.2, 0) is 16.1 Å². The summed E-state index contributed by atoms with van der Waals surface area (Å²) in [5, 5.41) is 2.88. The van der Waals surface area contributed by atoms with E-state index in [2.05, 4.69) is 5.32 Å². The van der Waals surface area contributed by atoms with Gasteiger partial charge in [-0.15, -0.1) is 0 Å². The molecule has 1 saturated heterocycles. The molecule has 1 aliphatic heterocycles. The first kappa shape index (κ1) is 17.0. The third-order valence-electron chi connectivity index (χ3n) is 4.25. The molecule has 1 atom stereocenters. The Labute approximate surface area is 145 Å². The van der Waals surface area contributed by atoms with Crippen LogP contribution in [0.2, 0.25) is 0 Å². The summed E-state index contributed by atoms with van der Waals surface area (Å²) in [5.74, 6) is 1.00. The predicted octanol–water partition coefficient (Wildman–Crippen LogP) is 2.73. The van der Waals surface area contributed by atoms with E-state index in [9.17, 15) is 14.4 Å². The summed E-state index contributed by atoms with van der Waals surface area (Å²) >= 11 is 0. The van der Waals surface area contributed by atoms with Gasteiger partial charge in [0, 0.05) is 18.4 Å². The average Bonchev–Trinajstić information content (AvgIpc) is 3.16. The van der Waals surface area contributed by atoms with Gasteiger partial charge in [0.1, 0.15) is 11.5 Å². The minimum absolute atomic E-state index is 0.144. The van der Waals surface area contributed by atoms with E-state index >= 15 is 0 Å². The molecule has 130 valence electrons. The van der Waals surface area contributed by atoms with E-state index < -0.39 is 0 Å². The molecule has 1 aromatic carbocycles. The molecular formula is C19H20N2O4. The molecule has 6 heteroatoms.